The summed E-state index contributed by atoms with van der Waals surface area (Å²) in [5, 5.41) is 19.6. The lowest BCUT2D eigenvalue weighted by molar-refractivity contribution is -0.147. The molecule has 12 heteroatoms. The number of carbonyl (C=O) groups is 1. The van der Waals surface area contributed by atoms with E-state index in [1.807, 2.05) is 42.5 Å². The van der Waals surface area contributed by atoms with E-state index >= 15 is 0 Å². The molecule has 51 heavy (non-hydrogen) atoms. The van der Waals surface area contributed by atoms with Crippen LogP contribution >= 0.6 is 0 Å². The Labute approximate surface area is 302 Å². The molecule has 5 heterocycles. The summed E-state index contributed by atoms with van der Waals surface area (Å²) in [6, 6.07) is 10.2. The number of aromatic nitrogens is 4. The molecule has 1 aromatic carbocycles. The molecular weight excluding hydrogens is 665 g/mol. The number of likely N-dealkylation sites (tertiary alicyclic amines) is 1. The third kappa shape index (κ3) is 6.44. The fourth-order valence-electron chi connectivity index (χ4n) is 7.84. The van der Waals surface area contributed by atoms with Gasteiger partial charge in [-0.1, -0.05) is 18.2 Å². The summed E-state index contributed by atoms with van der Waals surface area (Å²) in [7, 11) is -1.54. The number of carboxylic acids is 1. The van der Waals surface area contributed by atoms with E-state index in [0.29, 0.717) is 42.3 Å². The topological polar surface area (TPSA) is 122 Å². The summed E-state index contributed by atoms with van der Waals surface area (Å²) in [6.45, 7) is 14.1. The Bertz CT molecular complexity index is 2030. The number of pyridine rings is 2. The molecule has 4 aromatic rings. The van der Waals surface area contributed by atoms with Gasteiger partial charge in [0.15, 0.2) is 5.65 Å². The number of fused-ring (bicyclic) bond motifs is 2. The van der Waals surface area contributed by atoms with E-state index in [-0.39, 0.29) is 0 Å². The van der Waals surface area contributed by atoms with Crippen molar-refractivity contribution in [3.8, 4) is 11.8 Å². The lowest BCUT2D eigenvalue weighted by Crippen LogP contribution is -2.36. The van der Waals surface area contributed by atoms with Crippen LogP contribution in [0.5, 0.6) is 11.8 Å². The average molecular weight is 713 g/mol. The number of ether oxygens (including phenoxy) is 2. The number of rotatable bonds is 11. The third-order valence-corrected chi connectivity index (χ3v) is 12.8. The summed E-state index contributed by atoms with van der Waals surface area (Å²) in [6.07, 6.45) is 8.43. The summed E-state index contributed by atoms with van der Waals surface area (Å²) in [5.41, 5.74) is 4.80. The molecule has 1 N–H and O–H groups in total. The van der Waals surface area contributed by atoms with E-state index < -0.39 is 33.9 Å². The van der Waals surface area contributed by atoms with Crippen LogP contribution in [0.15, 0.2) is 41.4 Å². The Balaban J connectivity index is 1.10. The predicted molar refractivity (Wildman–Crippen MR) is 194 cm³/mol. The van der Waals surface area contributed by atoms with Gasteiger partial charge in [-0.2, -0.15) is 4.98 Å². The third-order valence-electron chi connectivity index (χ3n) is 11.4. The molecule has 2 atom stereocenters. The molecule has 270 valence electrons. The molecule has 4 aliphatic rings. The van der Waals surface area contributed by atoms with Gasteiger partial charge >= 0.3 is 5.97 Å². The SMILES string of the molecule is Cc1ccc(C(c2ccn3c(C4CC4)nnc3c2C)C(C)(C)C(=O)O)cc1CN1CC2(CC2)Oc2nc(OCCN3CCCC3)c(C)cc2S1=O. The van der Waals surface area contributed by atoms with Crippen LogP contribution in [-0.2, 0) is 22.3 Å². The van der Waals surface area contributed by atoms with Crippen molar-refractivity contribution in [3.05, 3.63) is 75.7 Å². The second kappa shape index (κ2) is 13.0. The van der Waals surface area contributed by atoms with Crippen LogP contribution in [0, 0.1) is 26.2 Å². The Morgan fingerprint density at radius 1 is 1.10 bits per heavy atom. The molecule has 0 amide bonds. The molecule has 2 aliphatic heterocycles. The van der Waals surface area contributed by atoms with Gasteiger partial charge in [-0.25, -0.2) is 8.51 Å². The van der Waals surface area contributed by atoms with Crippen LogP contribution in [0.25, 0.3) is 5.65 Å². The van der Waals surface area contributed by atoms with Gasteiger partial charge in [-0.05, 0) is 126 Å². The summed E-state index contributed by atoms with van der Waals surface area (Å²) in [5.74, 6) is 0.996. The monoisotopic (exact) mass is 712 g/mol. The quantitative estimate of drug-likeness (QED) is 0.197. The first kappa shape index (κ1) is 34.2. The number of hydrogen-bond acceptors (Lipinski definition) is 8. The van der Waals surface area contributed by atoms with E-state index in [0.717, 1.165) is 90.2 Å². The second-order valence-electron chi connectivity index (χ2n) is 15.7. The van der Waals surface area contributed by atoms with Crippen LogP contribution in [0.3, 0.4) is 0 Å². The van der Waals surface area contributed by atoms with Crippen LogP contribution in [-0.4, -0.2) is 82.5 Å². The van der Waals surface area contributed by atoms with Gasteiger partial charge in [-0.15, -0.1) is 10.2 Å². The fourth-order valence-corrected chi connectivity index (χ4v) is 9.24. The van der Waals surface area contributed by atoms with Gasteiger partial charge in [0, 0.05) is 36.7 Å². The molecule has 0 bridgehead atoms. The van der Waals surface area contributed by atoms with E-state index in [1.54, 1.807) is 13.8 Å². The average Bonchev–Trinajstić information content (AvgIpc) is 3.99. The molecule has 1 saturated heterocycles. The molecule has 3 fully saturated rings. The van der Waals surface area contributed by atoms with Crippen LogP contribution < -0.4 is 9.47 Å². The van der Waals surface area contributed by atoms with Gasteiger partial charge in [0.1, 0.15) is 33.9 Å². The molecule has 2 saturated carbocycles. The Morgan fingerprint density at radius 3 is 2.57 bits per heavy atom. The number of benzene rings is 1. The van der Waals surface area contributed by atoms with Crippen LogP contribution in [0.2, 0.25) is 0 Å². The first-order valence-corrected chi connectivity index (χ1v) is 19.4. The van der Waals surface area contributed by atoms with Gasteiger partial charge in [0.25, 0.3) is 0 Å². The van der Waals surface area contributed by atoms with E-state index in [1.165, 1.54) is 12.8 Å². The lowest BCUT2D eigenvalue weighted by Gasteiger charge is -2.33. The minimum atomic E-state index is -1.54. The maximum absolute atomic E-state index is 14.4. The molecule has 8 rings (SSSR count). The zero-order chi connectivity index (χ0) is 35.7. The molecule has 2 unspecified atom stereocenters. The second-order valence-corrected chi connectivity index (χ2v) is 17.2. The van der Waals surface area contributed by atoms with Gasteiger partial charge in [0.05, 0.1) is 12.0 Å². The van der Waals surface area contributed by atoms with Crippen LogP contribution in [0.1, 0.15) is 103 Å². The number of aryl methyl sites for hydroxylation is 3. The van der Waals surface area contributed by atoms with Crippen molar-refractivity contribution in [2.24, 2.45) is 5.41 Å². The molecular formula is C39H48N6O5S. The molecule has 11 nitrogen and oxygen atoms in total. The smallest absolute Gasteiger partial charge is 0.310 e. The van der Waals surface area contributed by atoms with E-state index in [4.69, 9.17) is 14.5 Å². The summed E-state index contributed by atoms with van der Waals surface area (Å²) in [4.78, 5) is 20.6. The Kier molecular flexibility index (Phi) is 8.70. The van der Waals surface area contributed by atoms with Gasteiger partial charge in [-0.3, -0.25) is 14.1 Å². The van der Waals surface area contributed by atoms with Crippen molar-refractivity contribution in [1.82, 2.24) is 28.8 Å². The highest BCUT2D eigenvalue weighted by molar-refractivity contribution is 7.82. The fraction of sp³-hybridized carbons (Fsp3) is 0.538. The number of carboxylic acid groups (broad SMARTS) is 1. The van der Waals surface area contributed by atoms with E-state index in [2.05, 4.69) is 38.6 Å². The highest BCUT2D eigenvalue weighted by Crippen LogP contribution is 2.47. The van der Waals surface area contributed by atoms with E-state index in [9.17, 15) is 14.1 Å². The minimum Gasteiger partial charge on any atom is -0.481 e. The number of aliphatic carboxylic acids is 1. The first-order chi connectivity index (χ1) is 24.4. The van der Waals surface area contributed by atoms with Crippen molar-refractivity contribution >= 4 is 22.6 Å². The minimum absolute atomic E-state index is 0.396. The molecule has 1 spiro atoms. The molecule has 2 aliphatic carbocycles. The highest BCUT2D eigenvalue weighted by atomic mass is 32.2. The predicted octanol–water partition coefficient (Wildman–Crippen LogP) is 6.09. The zero-order valence-electron chi connectivity index (χ0n) is 30.3. The van der Waals surface area contributed by atoms with Crippen molar-refractivity contribution in [2.45, 2.75) is 102 Å². The Morgan fingerprint density at radius 2 is 1.86 bits per heavy atom. The van der Waals surface area contributed by atoms with Crippen LogP contribution in [0.4, 0.5) is 0 Å². The molecule has 3 aromatic heterocycles. The largest absolute Gasteiger partial charge is 0.481 e. The number of nitrogens with zero attached hydrogens (tertiary/aromatic N) is 6. The summed E-state index contributed by atoms with van der Waals surface area (Å²) >= 11 is 0. The van der Waals surface area contributed by atoms with Crippen molar-refractivity contribution in [2.75, 3.05) is 32.8 Å². The standard InChI is InChI=1S/C39H48N6O5S/c1-24-8-9-28(32(38(4,5)37(46)47)30-12-17-45-33(26(30)3)41-42-34(45)27-10-11-27)21-29(24)22-44-23-39(13-14-39)50-36-31(51(44)48)20-25(2)35(40-36)49-19-18-43-15-6-7-16-43/h8-9,12,17,20-21,27,32H,6-7,10-11,13-16,18-19,22-23H2,1-5H3,(H,46,47). The maximum Gasteiger partial charge on any atom is 0.310 e. The maximum atomic E-state index is 14.4. The number of hydrogen-bond donors (Lipinski definition) is 1. The Hall–Kier alpha value is -3.87. The zero-order valence-corrected chi connectivity index (χ0v) is 31.1. The van der Waals surface area contributed by atoms with Crippen molar-refractivity contribution in [3.63, 3.8) is 0 Å². The summed E-state index contributed by atoms with van der Waals surface area (Å²) < 4.78 is 31.1. The lowest BCUT2D eigenvalue weighted by atomic mass is 9.70. The van der Waals surface area contributed by atoms with Crippen molar-refractivity contribution < 1.29 is 23.6 Å². The normalized spacial score (nSPS) is 21.0. The van der Waals surface area contributed by atoms with Crippen molar-refractivity contribution in [1.29, 1.82) is 0 Å². The highest BCUT2D eigenvalue weighted by Gasteiger charge is 2.51. The molecule has 0 radical (unpaired) electrons. The first-order valence-electron chi connectivity index (χ1n) is 18.3. The van der Waals surface area contributed by atoms with Gasteiger partial charge in [0.2, 0.25) is 11.8 Å². The van der Waals surface area contributed by atoms with Gasteiger partial charge < -0.3 is 14.6 Å².